The number of hydrogen-bond acceptors (Lipinski definition) is 4. The van der Waals surface area contributed by atoms with Crippen molar-refractivity contribution in [3.05, 3.63) is 35.5 Å². The van der Waals surface area contributed by atoms with Crippen molar-refractivity contribution in [1.82, 2.24) is 4.98 Å². The molecule has 0 fully saturated rings. The third-order valence-electron chi connectivity index (χ3n) is 4.46. The first-order valence-electron chi connectivity index (χ1n) is 7.51. The van der Waals surface area contributed by atoms with Crippen LogP contribution in [0.2, 0.25) is 5.02 Å². The summed E-state index contributed by atoms with van der Waals surface area (Å²) >= 11 is 6.21. The number of rotatable bonds is 4. The summed E-state index contributed by atoms with van der Waals surface area (Å²) in [6, 6.07) is 7.49. The highest BCUT2D eigenvalue weighted by Crippen LogP contribution is 2.29. The minimum Gasteiger partial charge on any atom is -0.438 e. The van der Waals surface area contributed by atoms with Gasteiger partial charge in [-0.3, -0.25) is 0 Å². The number of benzene rings is 1. The molecule has 0 aliphatic rings. The lowest BCUT2D eigenvalue weighted by molar-refractivity contribution is -0.0893. The van der Waals surface area contributed by atoms with Gasteiger partial charge in [0.1, 0.15) is 5.58 Å². The topological polar surface area (TPSA) is 55.5 Å². The highest BCUT2D eigenvalue weighted by molar-refractivity contribution is 6.53. The Morgan fingerprint density at radius 1 is 1.26 bits per heavy atom. The summed E-state index contributed by atoms with van der Waals surface area (Å²) in [5, 5.41) is 12.7. The van der Waals surface area contributed by atoms with Crippen LogP contribution in [-0.4, -0.2) is 28.8 Å². The molecule has 0 unspecified atom stereocenters. The lowest BCUT2D eigenvalue weighted by Crippen LogP contribution is -2.49. The maximum atomic E-state index is 10.2. The molecule has 1 aromatic carbocycles. The summed E-state index contributed by atoms with van der Waals surface area (Å²) in [5.41, 5.74) is 0.500. The van der Waals surface area contributed by atoms with Crippen LogP contribution in [0.25, 0.3) is 22.1 Å². The quantitative estimate of drug-likeness (QED) is 0.746. The van der Waals surface area contributed by atoms with Crippen LogP contribution in [0.1, 0.15) is 27.7 Å². The summed E-state index contributed by atoms with van der Waals surface area (Å²) in [4.78, 5) is 4.25. The lowest BCUT2D eigenvalue weighted by atomic mass is 9.80. The van der Waals surface area contributed by atoms with Gasteiger partial charge in [0.2, 0.25) is 5.71 Å². The molecule has 0 radical (unpaired) electrons. The fourth-order valence-corrected chi connectivity index (χ4v) is 2.57. The molecule has 0 saturated heterocycles. The molecule has 2 aromatic heterocycles. The van der Waals surface area contributed by atoms with Crippen molar-refractivity contribution < 1.29 is 14.2 Å². The summed E-state index contributed by atoms with van der Waals surface area (Å²) in [6.07, 6.45) is 1.69. The number of aromatic nitrogens is 1. The van der Waals surface area contributed by atoms with E-state index >= 15 is 0 Å². The van der Waals surface area contributed by atoms with Crippen LogP contribution in [0.15, 0.2) is 34.9 Å². The van der Waals surface area contributed by atoms with E-state index in [2.05, 4.69) is 4.98 Å². The van der Waals surface area contributed by atoms with E-state index < -0.39 is 11.2 Å². The third kappa shape index (κ3) is 2.96. The van der Waals surface area contributed by atoms with Gasteiger partial charge in [0.15, 0.2) is 0 Å². The Morgan fingerprint density at radius 3 is 2.70 bits per heavy atom. The van der Waals surface area contributed by atoms with Gasteiger partial charge in [-0.25, -0.2) is 4.98 Å². The molecule has 23 heavy (non-hydrogen) atoms. The van der Waals surface area contributed by atoms with Crippen molar-refractivity contribution in [3.63, 3.8) is 0 Å². The van der Waals surface area contributed by atoms with E-state index in [1.54, 1.807) is 26.1 Å². The Hall–Kier alpha value is -1.56. The Kier molecular flexibility index (Phi) is 3.91. The minimum absolute atomic E-state index is 0.317. The molecule has 0 aliphatic carbocycles. The molecule has 4 nitrogen and oxygen atoms in total. The molecule has 0 spiro atoms. The van der Waals surface area contributed by atoms with Gasteiger partial charge in [0, 0.05) is 28.1 Å². The molecule has 0 atom stereocenters. The lowest BCUT2D eigenvalue weighted by Gasteiger charge is -2.37. The second-order valence-electron chi connectivity index (χ2n) is 6.75. The number of pyridine rings is 1. The zero-order valence-electron chi connectivity index (χ0n) is 13.7. The van der Waals surface area contributed by atoms with Crippen molar-refractivity contribution >= 4 is 46.6 Å². The Morgan fingerprint density at radius 2 is 2.00 bits per heavy atom. The van der Waals surface area contributed by atoms with Gasteiger partial charge >= 0.3 is 7.48 Å². The zero-order valence-corrected chi connectivity index (χ0v) is 14.4. The van der Waals surface area contributed by atoms with Gasteiger partial charge in [0.05, 0.1) is 11.2 Å². The van der Waals surface area contributed by atoms with E-state index in [-0.39, 0.29) is 0 Å². The van der Waals surface area contributed by atoms with Crippen molar-refractivity contribution in [2.24, 2.45) is 0 Å². The SMILES string of the molecule is CC(C)(O)C(C)(C)OBc1cc(Cl)cc2oc3ncccc3c12. The molecular formula is C17H19BClNO3. The van der Waals surface area contributed by atoms with Gasteiger partial charge in [-0.15, -0.1) is 0 Å². The summed E-state index contributed by atoms with van der Waals surface area (Å²) in [7, 11) is 0.317. The van der Waals surface area contributed by atoms with Crippen LogP contribution in [0, 0.1) is 0 Å². The molecule has 0 aliphatic heterocycles. The molecular weight excluding hydrogens is 312 g/mol. The van der Waals surface area contributed by atoms with Crippen molar-refractivity contribution in [1.29, 1.82) is 0 Å². The zero-order chi connectivity index (χ0) is 16.8. The van der Waals surface area contributed by atoms with Crippen LogP contribution < -0.4 is 5.46 Å². The highest BCUT2D eigenvalue weighted by Gasteiger charge is 2.36. The number of aliphatic hydroxyl groups is 1. The summed E-state index contributed by atoms with van der Waals surface area (Å²) in [6.45, 7) is 7.20. The fraction of sp³-hybridized carbons (Fsp3) is 0.353. The van der Waals surface area contributed by atoms with E-state index in [1.165, 1.54) is 0 Å². The van der Waals surface area contributed by atoms with Gasteiger partial charge in [-0.05, 0) is 51.4 Å². The van der Waals surface area contributed by atoms with Gasteiger partial charge in [-0.1, -0.05) is 11.6 Å². The van der Waals surface area contributed by atoms with Gasteiger partial charge < -0.3 is 14.2 Å². The molecule has 0 saturated carbocycles. The molecule has 3 aromatic rings. The van der Waals surface area contributed by atoms with E-state index in [0.29, 0.717) is 23.8 Å². The first kappa shape index (κ1) is 16.3. The van der Waals surface area contributed by atoms with Crippen LogP contribution in [-0.2, 0) is 4.65 Å². The smallest absolute Gasteiger partial charge is 0.310 e. The van der Waals surface area contributed by atoms with E-state index in [4.69, 9.17) is 20.7 Å². The molecule has 1 N–H and O–H groups in total. The predicted molar refractivity (Wildman–Crippen MR) is 94.8 cm³/mol. The second kappa shape index (κ2) is 5.51. The van der Waals surface area contributed by atoms with Crippen LogP contribution in [0.3, 0.4) is 0 Å². The van der Waals surface area contributed by atoms with Gasteiger partial charge in [0.25, 0.3) is 0 Å². The second-order valence-corrected chi connectivity index (χ2v) is 7.19. The highest BCUT2D eigenvalue weighted by atomic mass is 35.5. The van der Waals surface area contributed by atoms with Crippen molar-refractivity contribution in [2.45, 2.75) is 38.9 Å². The van der Waals surface area contributed by atoms with Crippen LogP contribution >= 0.6 is 11.6 Å². The van der Waals surface area contributed by atoms with E-state index in [9.17, 15) is 5.11 Å². The maximum absolute atomic E-state index is 10.2. The Bertz CT molecular complexity index is 867. The molecule has 120 valence electrons. The van der Waals surface area contributed by atoms with Crippen LogP contribution in [0.4, 0.5) is 0 Å². The molecule has 3 rings (SSSR count). The maximum Gasteiger partial charge on any atom is 0.310 e. The van der Waals surface area contributed by atoms with Gasteiger partial charge in [-0.2, -0.15) is 0 Å². The fourth-order valence-electron chi connectivity index (χ4n) is 2.34. The molecule has 2 heterocycles. The number of fused-ring (bicyclic) bond motifs is 3. The Balaban J connectivity index is 2.07. The first-order valence-corrected chi connectivity index (χ1v) is 7.89. The van der Waals surface area contributed by atoms with E-state index in [0.717, 1.165) is 16.2 Å². The average molecular weight is 332 g/mol. The first-order chi connectivity index (χ1) is 10.7. The summed E-state index contributed by atoms with van der Waals surface area (Å²) < 4.78 is 11.8. The largest absolute Gasteiger partial charge is 0.438 e. The monoisotopic (exact) mass is 331 g/mol. The third-order valence-corrected chi connectivity index (χ3v) is 4.68. The van der Waals surface area contributed by atoms with Crippen molar-refractivity contribution in [3.8, 4) is 0 Å². The number of nitrogens with zero attached hydrogens (tertiary/aromatic N) is 1. The summed E-state index contributed by atoms with van der Waals surface area (Å²) in [5.74, 6) is 0. The average Bonchev–Trinajstić information content (AvgIpc) is 2.81. The number of hydrogen-bond donors (Lipinski definition) is 1. The predicted octanol–water partition coefficient (Wildman–Crippen LogP) is 3.18. The van der Waals surface area contributed by atoms with E-state index in [1.807, 2.05) is 32.0 Å². The van der Waals surface area contributed by atoms with Crippen molar-refractivity contribution in [2.75, 3.05) is 0 Å². The van der Waals surface area contributed by atoms with Crippen LogP contribution in [0.5, 0.6) is 0 Å². The Labute approximate surface area is 140 Å². The number of halogens is 1. The molecule has 6 heteroatoms. The minimum atomic E-state index is -0.968. The molecule has 0 amide bonds. The molecule has 0 bridgehead atoms. The number of furan rings is 1. The standard InChI is InChI=1S/C17H19BClNO3/c1-16(2,21)17(3,4)23-18-12-8-10(19)9-13-14(12)11-6-5-7-20-15(11)22-13/h5-9,18,21H,1-4H3. The normalized spacial score (nSPS) is 13.0.